The van der Waals surface area contributed by atoms with Crippen LogP contribution in [0.5, 0.6) is 0 Å². The maximum Gasteiger partial charge on any atom is 0.227 e. The Balaban J connectivity index is 2.49. The van der Waals surface area contributed by atoms with Crippen LogP contribution in [0.4, 0.5) is 0 Å². The van der Waals surface area contributed by atoms with E-state index < -0.39 is 0 Å². The molecule has 0 aromatic carbocycles. The fourth-order valence-electron chi connectivity index (χ4n) is 1.72. The van der Waals surface area contributed by atoms with Gasteiger partial charge in [-0.05, 0) is 13.3 Å². The molecule has 1 heterocycles. The molecule has 14 heavy (non-hydrogen) atoms. The average Bonchev–Trinajstić information content (AvgIpc) is 2.64. The van der Waals surface area contributed by atoms with E-state index in [4.69, 9.17) is 0 Å². The molecular weight excluding hydrogens is 180 g/mol. The molecule has 1 fully saturated rings. The fraction of sp³-hybridized carbons (Fsp3) is 0.800. The molecule has 1 atom stereocenters. The van der Waals surface area contributed by atoms with E-state index in [1.54, 1.807) is 23.8 Å². The van der Waals surface area contributed by atoms with E-state index in [0.29, 0.717) is 6.54 Å². The van der Waals surface area contributed by atoms with Crippen molar-refractivity contribution >= 4 is 11.8 Å². The average molecular weight is 198 g/mol. The van der Waals surface area contributed by atoms with Gasteiger partial charge in [0.2, 0.25) is 11.8 Å². The summed E-state index contributed by atoms with van der Waals surface area (Å²) in [5, 5.41) is 0. The highest BCUT2D eigenvalue weighted by molar-refractivity contribution is 5.81. The minimum atomic E-state index is 0.0175. The number of rotatable bonds is 2. The second-order valence-corrected chi connectivity index (χ2v) is 3.80. The van der Waals surface area contributed by atoms with Crippen molar-refractivity contribution in [1.29, 1.82) is 0 Å². The quantitative estimate of drug-likeness (QED) is 0.641. The van der Waals surface area contributed by atoms with Crippen molar-refractivity contribution in [1.82, 2.24) is 9.80 Å². The van der Waals surface area contributed by atoms with Gasteiger partial charge in [-0.25, -0.2) is 0 Å². The van der Waals surface area contributed by atoms with Gasteiger partial charge in [0.1, 0.15) is 0 Å². The largest absolute Gasteiger partial charge is 0.346 e. The van der Waals surface area contributed by atoms with Crippen LogP contribution in [0.1, 0.15) is 20.3 Å². The fourth-order valence-corrected chi connectivity index (χ4v) is 1.72. The molecular formula is C10H18N2O2. The number of hydrogen-bond donors (Lipinski definition) is 0. The summed E-state index contributed by atoms with van der Waals surface area (Å²) in [6.07, 6.45) is 0.808. The first-order valence-corrected chi connectivity index (χ1v) is 5.06. The topological polar surface area (TPSA) is 40.6 Å². The Bertz CT molecular complexity index is 240. The monoisotopic (exact) mass is 198 g/mol. The third kappa shape index (κ3) is 2.25. The van der Waals surface area contributed by atoms with Gasteiger partial charge in [0, 0.05) is 33.6 Å². The molecule has 0 bridgehead atoms. The lowest BCUT2D eigenvalue weighted by Gasteiger charge is -2.19. The minimum Gasteiger partial charge on any atom is -0.346 e. The maximum absolute atomic E-state index is 11.7. The summed E-state index contributed by atoms with van der Waals surface area (Å²) >= 11 is 0. The summed E-state index contributed by atoms with van der Waals surface area (Å²) in [5.74, 6) is 0.250. The van der Waals surface area contributed by atoms with E-state index in [1.807, 2.05) is 6.92 Å². The lowest BCUT2D eigenvalue weighted by Crippen LogP contribution is -2.35. The van der Waals surface area contributed by atoms with Crippen molar-refractivity contribution in [2.75, 3.05) is 26.7 Å². The van der Waals surface area contributed by atoms with Gasteiger partial charge < -0.3 is 9.80 Å². The Morgan fingerprint density at radius 3 is 2.57 bits per heavy atom. The van der Waals surface area contributed by atoms with Crippen molar-refractivity contribution in [3.8, 4) is 0 Å². The van der Waals surface area contributed by atoms with Crippen molar-refractivity contribution in [2.45, 2.75) is 20.3 Å². The standard InChI is InChI=1S/C10H18N2O2/c1-4-11(3)10(14)9-5-6-12(7-9)8(2)13/h9H,4-7H2,1-3H3. The van der Waals surface area contributed by atoms with Crippen molar-refractivity contribution < 1.29 is 9.59 Å². The predicted molar refractivity (Wildman–Crippen MR) is 53.7 cm³/mol. The molecule has 1 aliphatic heterocycles. The Morgan fingerprint density at radius 1 is 1.50 bits per heavy atom. The highest BCUT2D eigenvalue weighted by Crippen LogP contribution is 2.18. The zero-order chi connectivity index (χ0) is 10.7. The van der Waals surface area contributed by atoms with Crippen LogP contribution < -0.4 is 0 Å². The first kappa shape index (κ1) is 11.0. The highest BCUT2D eigenvalue weighted by atomic mass is 16.2. The van der Waals surface area contributed by atoms with E-state index >= 15 is 0 Å². The number of nitrogens with zero attached hydrogens (tertiary/aromatic N) is 2. The van der Waals surface area contributed by atoms with Gasteiger partial charge in [-0.2, -0.15) is 0 Å². The van der Waals surface area contributed by atoms with Crippen molar-refractivity contribution in [3.63, 3.8) is 0 Å². The van der Waals surface area contributed by atoms with Crippen LogP contribution in [0.15, 0.2) is 0 Å². The van der Waals surface area contributed by atoms with Crippen LogP contribution in [0.25, 0.3) is 0 Å². The summed E-state index contributed by atoms with van der Waals surface area (Å²) in [6, 6.07) is 0. The molecule has 4 heteroatoms. The van der Waals surface area contributed by atoms with Gasteiger partial charge in [-0.1, -0.05) is 0 Å². The lowest BCUT2D eigenvalue weighted by atomic mass is 10.1. The van der Waals surface area contributed by atoms with Crippen LogP contribution in [-0.4, -0.2) is 48.3 Å². The van der Waals surface area contributed by atoms with Crippen molar-refractivity contribution in [3.05, 3.63) is 0 Å². The Hall–Kier alpha value is -1.06. The molecule has 0 aromatic heterocycles. The van der Waals surface area contributed by atoms with Crippen LogP contribution >= 0.6 is 0 Å². The number of carbonyl (C=O) groups excluding carboxylic acids is 2. The summed E-state index contributed by atoms with van der Waals surface area (Å²) in [6.45, 7) is 5.56. The molecule has 1 unspecified atom stereocenters. The van der Waals surface area contributed by atoms with E-state index in [0.717, 1.165) is 19.5 Å². The molecule has 1 rings (SSSR count). The summed E-state index contributed by atoms with van der Waals surface area (Å²) < 4.78 is 0. The van der Waals surface area contributed by atoms with Gasteiger partial charge in [0.05, 0.1) is 5.92 Å². The lowest BCUT2D eigenvalue weighted by molar-refractivity contribution is -0.134. The molecule has 80 valence electrons. The van der Waals surface area contributed by atoms with Gasteiger partial charge >= 0.3 is 0 Å². The first-order valence-electron chi connectivity index (χ1n) is 5.06. The summed E-state index contributed by atoms with van der Waals surface area (Å²) in [5.41, 5.74) is 0. The van der Waals surface area contributed by atoms with Crippen LogP contribution in [0.2, 0.25) is 0 Å². The zero-order valence-electron chi connectivity index (χ0n) is 9.12. The molecule has 0 spiro atoms. The second kappa shape index (κ2) is 4.44. The SMILES string of the molecule is CCN(C)C(=O)C1CCN(C(C)=O)C1. The summed E-state index contributed by atoms with van der Waals surface area (Å²) in [4.78, 5) is 26.2. The smallest absolute Gasteiger partial charge is 0.227 e. The van der Waals surface area contributed by atoms with Crippen LogP contribution in [0.3, 0.4) is 0 Å². The minimum absolute atomic E-state index is 0.0175. The molecule has 4 nitrogen and oxygen atoms in total. The molecule has 0 radical (unpaired) electrons. The second-order valence-electron chi connectivity index (χ2n) is 3.80. The normalized spacial score (nSPS) is 21.1. The molecule has 1 aliphatic rings. The van der Waals surface area contributed by atoms with Crippen molar-refractivity contribution in [2.24, 2.45) is 5.92 Å². The number of amides is 2. The molecule has 1 saturated heterocycles. The summed E-state index contributed by atoms with van der Waals surface area (Å²) in [7, 11) is 1.80. The first-order chi connectivity index (χ1) is 6.56. The molecule has 0 aromatic rings. The third-order valence-electron chi connectivity index (χ3n) is 2.83. The van der Waals surface area contributed by atoms with Gasteiger partial charge in [0.15, 0.2) is 0 Å². The zero-order valence-corrected chi connectivity index (χ0v) is 9.12. The molecule has 0 saturated carbocycles. The number of carbonyl (C=O) groups is 2. The van der Waals surface area contributed by atoms with Crippen LogP contribution in [-0.2, 0) is 9.59 Å². The Kier molecular flexibility index (Phi) is 3.49. The van der Waals surface area contributed by atoms with E-state index in [2.05, 4.69) is 0 Å². The highest BCUT2D eigenvalue weighted by Gasteiger charge is 2.30. The molecule has 0 N–H and O–H groups in total. The Morgan fingerprint density at radius 2 is 2.14 bits per heavy atom. The number of hydrogen-bond acceptors (Lipinski definition) is 2. The van der Waals surface area contributed by atoms with Gasteiger partial charge in [0.25, 0.3) is 0 Å². The molecule has 0 aliphatic carbocycles. The van der Waals surface area contributed by atoms with Gasteiger partial charge in [-0.15, -0.1) is 0 Å². The van der Waals surface area contributed by atoms with E-state index in [-0.39, 0.29) is 17.7 Å². The molecule has 2 amide bonds. The van der Waals surface area contributed by atoms with E-state index in [9.17, 15) is 9.59 Å². The van der Waals surface area contributed by atoms with Gasteiger partial charge in [-0.3, -0.25) is 9.59 Å². The maximum atomic E-state index is 11.7. The van der Waals surface area contributed by atoms with Crippen LogP contribution in [0, 0.1) is 5.92 Å². The predicted octanol–water partition coefficient (Wildman–Crippen LogP) is 0.333. The third-order valence-corrected chi connectivity index (χ3v) is 2.83. The van der Waals surface area contributed by atoms with E-state index in [1.165, 1.54) is 0 Å². The number of likely N-dealkylation sites (tertiary alicyclic amines) is 1. The Labute approximate surface area is 84.9 Å².